The molecule has 2 rings (SSSR count). The molecule has 26 heavy (non-hydrogen) atoms. The lowest BCUT2D eigenvalue weighted by Crippen LogP contribution is -2.53. The van der Waals surface area contributed by atoms with Crippen LogP contribution in [0.2, 0.25) is 0 Å². The number of rotatable bonds is 7. The highest BCUT2D eigenvalue weighted by Crippen LogP contribution is 2.35. The minimum atomic E-state index is -0.557. The van der Waals surface area contributed by atoms with E-state index in [1.807, 2.05) is 0 Å². The average Bonchev–Trinajstić information content (AvgIpc) is 2.61. The minimum absolute atomic E-state index is 0.0389. The summed E-state index contributed by atoms with van der Waals surface area (Å²) in [4.78, 5) is 26.1. The van der Waals surface area contributed by atoms with E-state index in [9.17, 15) is 9.59 Å². The summed E-state index contributed by atoms with van der Waals surface area (Å²) in [5, 5.41) is 2.56. The number of nitrogens with one attached hydrogen (secondary N) is 1. The van der Waals surface area contributed by atoms with Crippen molar-refractivity contribution in [1.29, 1.82) is 0 Å². The standard InChI is InChI=1S/C18H17BrN2O4S/c1-4-6-21-17(23)12(16(22)20-18(21)26)8-11-9-14(24-3)15(10-13(11)19)25-7-5-2/h4-5,8-10H,1-2,6-7H2,3H3,(H,20,22,26). The molecule has 1 aliphatic heterocycles. The molecule has 0 spiro atoms. The first kappa shape index (κ1) is 19.9. The van der Waals surface area contributed by atoms with Crippen molar-refractivity contribution in [2.24, 2.45) is 0 Å². The Bertz CT molecular complexity index is 820. The monoisotopic (exact) mass is 436 g/mol. The highest BCUT2D eigenvalue weighted by Gasteiger charge is 2.32. The fourth-order valence-electron chi connectivity index (χ4n) is 2.23. The van der Waals surface area contributed by atoms with Crippen molar-refractivity contribution in [3.63, 3.8) is 0 Å². The molecule has 0 aliphatic carbocycles. The Morgan fingerprint density at radius 1 is 1.27 bits per heavy atom. The summed E-state index contributed by atoms with van der Waals surface area (Å²) in [7, 11) is 1.50. The second-order valence-corrected chi connectivity index (χ2v) is 6.39. The highest BCUT2D eigenvalue weighted by atomic mass is 79.9. The molecule has 1 aromatic rings. The van der Waals surface area contributed by atoms with E-state index < -0.39 is 11.8 Å². The molecule has 1 saturated heterocycles. The van der Waals surface area contributed by atoms with Gasteiger partial charge in [0.1, 0.15) is 12.2 Å². The van der Waals surface area contributed by atoms with Crippen molar-refractivity contribution in [2.75, 3.05) is 20.3 Å². The molecule has 1 heterocycles. The zero-order valence-corrected chi connectivity index (χ0v) is 16.5. The molecule has 0 unspecified atom stereocenters. The number of hydrogen-bond acceptors (Lipinski definition) is 5. The smallest absolute Gasteiger partial charge is 0.265 e. The topological polar surface area (TPSA) is 67.9 Å². The van der Waals surface area contributed by atoms with Crippen LogP contribution in [0, 0.1) is 0 Å². The molecule has 8 heteroatoms. The average molecular weight is 437 g/mol. The predicted molar refractivity (Wildman–Crippen MR) is 107 cm³/mol. The summed E-state index contributed by atoms with van der Waals surface area (Å²) in [6, 6.07) is 3.37. The second-order valence-electron chi connectivity index (χ2n) is 5.15. The molecule has 2 amide bonds. The number of benzene rings is 1. The maximum absolute atomic E-state index is 12.6. The van der Waals surface area contributed by atoms with Gasteiger partial charge in [0.25, 0.3) is 11.8 Å². The third-order valence-corrected chi connectivity index (χ3v) is 4.45. The molecule has 6 nitrogen and oxygen atoms in total. The Morgan fingerprint density at radius 3 is 2.62 bits per heavy atom. The number of methoxy groups -OCH3 is 1. The summed E-state index contributed by atoms with van der Waals surface area (Å²) in [5.74, 6) is -0.0750. The van der Waals surface area contributed by atoms with E-state index in [-0.39, 0.29) is 17.2 Å². The van der Waals surface area contributed by atoms with Gasteiger partial charge in [-0.15, -0.1) is 6.58 Å². The Balaban J connectivity index is 2.45. The van der Waals surface area contributed by atoms with Gasteiger partial charge in [0.05, 0.1) is 7.11 Å². The van der Waals surface area contributed by atoms with Crippen LogP contribution >= 0.6 is 28.1 Å². The lowest BCUT2D eigenvalue weighted by molar-refractivity contribution is -0.128. The van der Waals surface area contributed by atoms with Gasteiger partial charge in [-0.05, 0) is 36.0 Å². The van der Waals surface area contributed by atoms with Crippen LogP contribution in [0.5, 0.6) is 11.5 Å². The van der Waals surface area contributed by atoms with E-state index in [1.165, 1.54) is 24.2 Å². The molecule has 1 N–H and O–H groups in total. The van der Waals surface area contributed by atoms with Crippen molar-refractivity contribution in [3.05, 3.63) is 53.1 Å². The molecule has 0 saturated carbocycles. The zero-order valence-electron chi connectivity index (χ0n) is 14.1. The number of amides is 2. The Labute approximate surface area is 165 Å². The van der Waals surface area contributed by atoms with Crippen LogP contribution < -0.4 is 14.8 Å². The van der Waals surface area contributed by atoms with E-state index in [0.29, 0.717) is 28.1 Å². The van der Waals surface area contributed by atoms with Gasteiger partial charge in [-0.25, -0.2) is 0 Å². The van der Waals surface area contributed by atoms with Crippen molar-refractivity contribution in [2.45, 2.75) is 0 Å². The second kappa shape index (κ2) is 8.77. The van der Waals surface area contributed by atoms with E-state index in [1.54, 1.807) is 18.2 Å². The van der Waals surface area contributed by atoms with Gasteiger partial charge < -0.3 is 9.47 Å². The van der Waals surface area contributed by atoms with Crippen LogP contribution in [0.3, 0.4) is 0 Å². The molecular formula is C18H17BrN2O4S. The van der Waals surface area contributed by atoms with Crippen LogP contribution in [-0.4, -0.2) is 42.1 Å². The molecule has 0 radical (unpaired) electrons. The van der Waals surface area contributed by atoms with E-state index >= 15 is 0 Å². The third kappa shape index (κ3) is 4.20. The van der Waals surface area contributed by atoms with Crippen LogP contribution in [-0.2, 0) is 9.59 Å². The molecule has 0 atom stereocenters. The van der Waals surface area contributed by atoms with Crippen LogP contribution in [0.15, 0.2) is 47.5 Å². The molecule has 136 valence electrons. The summed E-state index contributed by atoms with van der Waals surface area (Å²) in [6.45, 7) is 7.71. The van der Waals surface area contributed by atoms with Gasteiger partial charge in [0.2, 0.25) is 0 Å². The summed E-state index contributed by atoms with van der Waals surface area (Å²) >= 11 is 8.45. The first-order chi connectivity index (χ1) is 12.4. The minimum Gasteiger partial charge on any atom is -0.493 e. The Kier molecular flexibility index (Phi) is 6.70. The van der Waals surface area contributed by atoms with Crippen LogP contribution in [0.4, 0.5) is 0 Å². The quantitative estimate of drug-likeness (QED) is 0.308. The third-order valence-electron chi connectivity index (χ3n) is 3.44. The summed E-state index contributed by atoms with van der Waals surface area (Å²) < 4.78 is 11.5. The molecule has 1 fully saturated rings. The Morgan fingerprint density at radius 2 is 2.00 bits per heavy atom. The number of hydrogen-bond donors (Lipinski definition) is 1. The predicted octanol–water partition coefficient (Wildman–Crippen LogP) is 2.84. The number of carbonyl (C=O) groups excluding carboxylic acids is 2. The van der Waals surface area contributed by atoms with Crippen molar-refractivity contribution >= 4 is 51.2 Å². The molecule has 0 aromatic heterocycles. The van der Waals surface area contributed by atoms with Gasteiger partial charge in [-0.1, -0.05) is 34.7 Å². The number of nitrogens with zero attached hydrogens (tertiary/aromatic N) is 1. The number of halogens is 1. The normalized spacial score (nSPS) is 15.7. The van der Waals surface area contributed by atoms with E-state index in [2.05, 4.69) is 34.4 Å². The van der Waals surface area contributed by atoms with Gasteiger partial charge in [0, 0.05) is 11.0 Å². The van der Waals surface area contributed by atoms with Gasteiger partial charge >= 0.3 is 0 Å². The first-order valence-corrected chi connectivity index (χ1v) is 8.74. The van der Waals surface area contributed by atoms with E-state index in [0.717, 1.165) is 0 Å². The molecule has 1 aliphatic rings. The lowest BCUT2D eigenvalue weighted by Gasteiger charge is -2.27. The fourth-order valence-corrected chi connectivity index (χ4v) is 2.91. The van der Waals surface area contributed by atoms with Gasteiger partial charge in [-0.2, -0.15) is 0 Å². The Hall–Kier alpha value is -2.45. The SMILES string of the molecule is C=CCOc1cc(Br)c(C=C2C(=O)NC(=S)N(CC=C)C2=O)cc1OC. The van der Waals surface area contributed by atoms with Crippen molar-refractivity contribution in [3.8, 4) is 11.5 Å². The van der Waals surface area contributed by atoms with Gasteiger partial charge in [-0.3, -0.25) is 19.8 Å². The fraction of sp³-hybridized carbons (Fsp3) is 0.167. The maximum Gasteiger partial charge on any atom is 0.265 e. The van der Waals surface area contributed by atoms with E-state index in [4.69, 9.17) is 21.7 Å². The molecule has 1 aromatic carbocycles. The summed E-state index contributed by atoms with van der Waals surface area (Å²) in [6.07, 6.45) is 4.62. The van der Waals surface area contributed by atoms with Crippen LogP contribution in [0.25, 0.3) is 6.08 Å². The maximum atomic E-state index is 12.6. The number of thiocarbonyl (C=S) groups is 1. The number of ether oxygens (including phenoxy) is 2. The largest absolute Gasteiger partial charge is 0.493 e. The summed E-state index contributed by atoms with van der Waals surface area (Å²) in [5.41, 5.74) is 0.542. The van der Waals surface area contributed by atoms with Crippen molar-refractivity contribution < 1.29 is 19.1 Å². The van der Waals surface area contributed by atoms with Crippen molar-refractivity contribution in [1.82, 2.24) is 10.2 Å². The van der Waals surface area contributed by atoms with Crippen LogP contribution in [0.1, 0.15) is 5.56 Å². The molecule has 0 bridgehead atoms. The lowest BCUT2D eigenvalue weighted by atomic mass is 10.1. The van der Waals surface area contributed by atoms with Gasteiger partial charge in [0.15, 0.2) is 16.6 Å². The number of carbonyl (C=O) groups is 2. The highest BCUT2D eigenvalue weighted by molar-refractivity contribution is 9.10. The first-order valence-electron chi connectivity index (χ1n) is 7.54. The zero-order chi connectivity index (χ0) is 19.3. The molecular weight excluding hydrogens is 420 g/mol.